The van der Waals surface area contributed by atoms with Crippen LogP contribution in [0.25, 0.3) is 0 Å². The van der Waals surface area contributed by atoms with Crippen LogP contribution in [0, 0.1) is 0 Å². The molecule has 1 heterocycles. The van der Waals surface area contributed by atoms with E-state index in [1.165, 1.54) is 0 Å². The number of anilines is 1. The van der Waals surface area contributed by atoms with Crippen LogP contribution in [-0.2, 0) is 6.42 Å². The van der Waals surface area contributed by atoms with Gasteiger partial charge in [-0.1, -0.05) is 29.8 Å². The molecule has 0 spiro atoms. The lowest BCUT2D eigenvalue weighted by Crippen LogP contribution is -2.36. The molecule has 0 unspecified atom stereocenters. The molecule has 22 heavy (non-hydrogen) atoms. The molecule has 3 rings (SSSR count). The van der Waals surface area contributed by atoms with Crippen molar-refractivity contribution in [1.29, 1.82) is 0 Å². The molecule has 2 aromatic rings. The summed E-state index contributed by atoms with van der Waals surface area (Å²) in [4.78, 5) is 26.0. The Kier molecular flexibility index (Phi) is 3.86. The number of nitrogens with zero attached hydrogens (tertiary/aromatic N) is 1. The largest absolute Gasteiger partial charge is 0.366 e. The highest BCUT2D eigenvalue weighted by atomic mass is 35.5. The van der Waals surface area contributed by atoms with Crippen LogP contribution in [0.3, 0.4) is 0 Å². The van der Waals surface area contributed by atoms with E-state index in [4.69, 9.17) is 17.3 Å². The van der Waals surface area contributed by atoms with Crippen molar-refractivity contribution in [3.63, 3.8) is 0 Å². The van der Waals surface area contributed by atoms with Crippen LogP contribution >= 0.6 is 11.6 Å². The minimum absolute atomic E-state index is 0.159. The second-order valence-electron chi connectivity index (χ2n) is 5.21. The first kappa shape index (κ1) is 14.6. The van der Waals surface area contributed by atoms with Crippen molar-refractivity contribution in [2.75, 3.05) is 11.4 Å². The highest BCUT2D eigenvalue weighted by Gasteiger charge is 2.27. The van der Waals surface area contributed by atoms with Gasteiger partial charge in [0.05, 0.1) is 10.6 Å². The van der Waals surface area contributed by atoms with Crippen molar-refractivity contribution in [2.24, 2.45) is 5.73 Å². The van der Waals surface area contributed by atoms with Crippen LogP contribution in [0.5, 0.6) is 0 Å². The number of primary amides is 1. The molecular weight excluding hydrogens is 300 g/mol. The molecule has 2 amide bonds. The SMILES string of the molecule is NC(=O)c1cccc2c1CCCN2C(=O)c1ccccc1Cl. The lowest BCUT2D eigenvalue weighted by molar-refractivity contribution is 0.0977. The number of carbonyl (C=O) groups excluding carboxylic acids is 2. The Morgan fingerprint density at radius 3 is 2.50 bits per heavy atom. The van der Waals surface area contributed by atoms with E-state index in [-0.39, 0.29) is 5.91 Å². The maximum absolute atomic E-state index is 12.8. The lowest BCUT2D eigenvalue weighted by Gasteiger charge is -2.30. The Morgan fingerprint density at radius 1 is 1.05 bits per heavy atom. The first-order valence-corrected chi connectivity index (χ1v) is 7.45. The van der Waals surface area contributed by atoms with Crippen molar-refractivity contribution in [3.8, 4) is 0 Å². The fourth-order valence-corrected chi connectivity index (χ4v) is 3.06. The van der Waals surface area contributed by atoms with Gasteiger partial charge in [0.25, 0.3) is 5.91 Å². The summed E-state index contributed by atoms with van der Waals surface area (Å²) in [5.41, 5.74) is 7.95. The van der Waals surface area contributed by atoms with Crippen LogP contribution in [0.2, 0.25) is 5.02 Å². The van der Waals surface area contributed by atoms with Gasteiger partial charge in [-0.3, -0.25) is 9.59 Å². The zero-order valence-corrected chi connectivity index (χ0v) is 12.6. The molecule has 0 saturated heterocycles. The van der Waals surface area contributed by atoms with Crippen molar-refractivity contribution < 1.29 is 9.59 Å². The van der Waals surface area contributed by atoms with Crippen LogP contribution in [-0.4, -0.2) is 18.4 Å². The van der Waals surface area contributed by atoms with Gasteiger partial charge in [0, 0.05) is 17.8 Å². The third-order valence-corrected chi connectivity index (χ3v) is 4.20. The maximum atomic E-state index is 12.8. The van der Waals surface area contributed by atoms with Crippen LogP contribution in [0.4, 0.5) is 5.69 Å². The summed E-state index contributed by atoms with van der Waals surface area (Å²) in [6.45, 7) is 0.596. The van der Waals surface area contributed by atoms with Gasteiger partial charge < -0.3 is 10.6 Å². The highest BCUT2D eigenvalue weighted by Crippen LogP contribution is 2.31. The molecule has 5 heteroatoms. The van der Waals surface area contributed by atoms with E-state index in [0.717, 1.165) is 24.1 Å². The molecule has 0 aromatic heterocycles. The van der Waals surface area contributed by atoms with E-state index in [0.29, 0.717) is 22.7 Å². The minimum atomic E-state index is -0.469. The third kappa shape index (κ3) is 2.46. The average Bonchev–Trinajstić information content (AvgIpc) is 2.53. The number of amides is 2. The second kappa shape index (κ2) is 5.81. The molecule has 0 saturated carbocycles. The predicted molar refractivity (Wildman–Crippen MR) is 86.4 cm³/mol. The Labute approximate surface area is 133 Å². The molecule has 1 aliphatic rings. The second-order valence-corrected chi connectivity index (χ2v) is 5.61. The number of nitrogens with two attached hydrogens (primary N) is 1. The molecule has 0 fully saturated rings. The maximum Gasteiger partial charge on any atom is 0.259 e. The molecule has 0 bridgehead atoms. The zero-order valence-electron chi connectivity index (χ0n) is 11.9. The number of carbonyl (C=O) groups is 2. The molecule has 1 aliphatic heterocycles. The molecule has 2 aromatic carbocycles. The quantitative estimate of drug-likeness (QED) is 0.926. The Morgan fingerprint density at radius 2 is 1.77 bits per heavy atom. The number of benzene rings is 2. The van der Waals surface area contributed by atoms with Gasteiger partial charge in [-0.2, -0.15) is 0 Å². The topological polar surface area (TPSA) is 63.4 Å². The summed E-state index contributed by atoms with van der Waals surface area (Å²) in [5, 5.41) is 0.422. The monoisotopic (exact) mass is 314 g/mol. The van der Waals surface area contributed by atoms with Crippen molar-refractivity contribution in [2.45, 2.75) is 12.8 Å². The van der Waals surface area contributed by atoms with Gasteiger partial charge in [0.15, 0.2) is 0 Å². The fourth-order valence-electron chi connectivity index (χ4n) is 2.85. The first-order valence-electron chi connectivity index (χ1n) is 7.07. The van der Waals surface area contributed by atoms with Crippen molar-refractivity contribution in [3.05, 3.63) is 64.2 Å². The van der Waals surface area contributed by atoms with Crippen LogP contribution < -0.4 is 10.6 Å². The van der Waals surface area contributed by atoms with E-state index in [2.05, 4.69) is 0 Å². The smallest absolute Gasteiger partial charge is 0.259 e. The predicted octanol–water partition coefficient (Wildman–Crippen LogP) is 3.03. The van der Waals surface area contributed by atoms with E-state index in [1.54, 1.807) is 41.3 Å². The Bertz CT molecular complexity index is 758. The number of fused-ring (bicyclic) bond motifs is 1. The summed E-state index contributed by atoms with van der Waals surface area (Å²) in [6.07, 6.45) is 1.52. The van der Waals surface area contributed by atoms with E-state index in [1.807, 2.05) is 6.07 Å². The number of hydrogen-bond acceptors (Lipinski definition) is 2. The molecule has 0 radical (unpaired) electrons. The van der Waals surface area contributed by atoms with Crippen molar-refractivity contribution >= 4 is 29.1 Å². The standard InChI is InChI=1S/C17H15ClN2O2/c18-14-8-2-1-5-13(14)17(22)20-10-4-7-11-12(16(19)21)6-3-9-15(11)20/h1-3,5-6,8-9H,4,7,10H2,(H2,19,21). The molecule has 0 aliphatic carbocycles. The summed E-state index contributed by atoms with van der Waals surface area (Å²) in [7, 11) is 0. The summed E-state index contributed by atoms with van der Waals surface area (Å²) in [6, 6.07) is 12.3. The normalized spacial score (nSPS) is 13.6. The van der Waals surface area contributed by atoms with E-state index < -0.39 is 5.91 Å². The first-order chi connectivity index (χ1) is 10.6. The van der Waals surface area contributed by atoms with Gasteiger partial charge >= 0.3 is 0 Å². The summed E-state index contributed by atoms with van der Waals surface area (Å²) >= 11 is 6.13. The highest BCUT2D eigenvalue weighted by molar-refractivity contribution is 6.34. The van der Waals surface area contributed by atoms with Gasteiger partial charge in [-0.25, -0.2) is 0 Å². The molecule has 4 nitrogen and oxygen atoms in total. The molecule has 2 N–H and O–H groups in total. The van der Waals surface area contributed by atoms with Gasteiger partial charge in [0.2, 0.25) is 5.91 Å². The number of rotatable bonds is 2. The summed E-state index contributed by atoms with van der Waals surface area (Å²) in [5.74, 6) is -0.628. The molecule has 112 valence electrons. The van der Waals surface area contributed by atoms with Gasteiger partial charge in [0.1, 0.15) is 0 Å². The number of halogens is 1. The van der Waals surface area contributed by atoms with E-state index in [9.17, 15) is 9.59 Å². The van der Waals surface area contributed by atoms with Crippen molar-refractivity contribution in [1.82, 2.24) is 0 Å². The Hall–Kier alpha value is -2.33. The minimum Gasteiger partial charge on any atom is -0.366 e. The zero-order chi connectivity index (χ0) is 15.7. The Balaban J connectivity index is 2.06. The van der Waals surface area contributed by atoms with Crippen LogP contribution in [0.15, 0.2) is 42.5 Å². The summed E-state index contributed by atoms with van der Waals surface area (Å²) < 4.78 is 0. The van der Waals surface area contributed by atoms with E-state index >= 15 is 0 Å². The third-order valence-electron chi connectivity index (χ3n) is 3.87. The van der Waals surface area contributed by atoms with Gasteiger partial charge in [-0.15, -0.1) is 0 Å². The lowest BCUT2D eigenvalue weighted by atomic mass is 9.95. The number of hydrogen-bond donors (Lipinski definition) is 1. The molecule has 0 atom stereocenters. The molecular formula is C17H15ClN2O2. The average molecular weight is 315 g/mol. The fraction of sp³-hybridized carbons (Fsp3) is 0.176. The van der Waals surface area contributed by atoms with Crippen LogP contribution in [0.1, 0.15) is 32.7 Å². The van der Waals surface area contributed by atoms with Gasteiger partial charge in [-0.05, 0) is 42.7 Å².